The van der Waals surface area contributed by atoms with Crippen LogP contribution in [0.4, 0.5) is 0 Å². The lowest BCUT2D eigenvalue weighted by Gasteiger charge is -2.18. The molecule has 0 aromatic rings. The predicted octanol–water partition coefficient (Wildman–Crippen LogP) is 15.3. The maximum Gasteiger partial charge on any atom is 0.306 e. The molecule has 0 unspecified atom stereocenters. The average Bonchev–Trinajstić information content (AvgIpc) is 3.17. The van der Waals surface area contributed by atoms with E-state index in [1.165, 1.54) is 173 Å². The Labute approximate surface area is 336 Å². The molecule has 0 N–H and O–H groups in total. The molecule has 0 saturated heterocycles. The number of hydrogen-bond acceptors (Lipinski definition) is 6. The first kappa shape index (κ1) is 52.4. The minimum Gasteiger partial charge on any atom is -0.462 e. The van der Waals surface area contributed by atoms with Crippen molar-refractivity contribution in [1.82, 2.24) is 0 Å². The molecule has 54 heavy (non-hydrogen) atoms. The van der Waals surface area contributed by atoms with Gasteiger partial charge in [0.25, 0.3) is 0 Å². The minimum atomic E-state index is -0.757. The van der Waals surface area contributed by atoms with Crippen molar-refractivity contribution in [3.05, 3.63) is 0 Å². The number of ether oxygens (including phenoxy) is 3. The van der Waals surface area contributed by atoms with Crippen LogP contribution in [0.2, 0.25) is 0 Å². The summed E-state index contributed by atoms with van der Waals surface area (Å²) in [5.74, 6) is -0.852. The SMILES string of the molecule is CCCCCCCCCCCCCCCCCCCC(=O)OC[C@@H](COC(=O)CCCCCCCCCCC)OC(=O)CCCCCCCCCCCC. The third-order valence-electron chi connectivity index (χ3n) is 10.9. The maximum absolute atomic E-state index is 12.7. The van der Waals surface area contributed by atoms with Crippen LogP contribution in [-0.2, 0) is 28.6 Å². The Kier molecular flexibility index (Phi) is 42.8. The molecule has 0 radical (unpaired) electrons. The second-order valence-electron chi connectivity index (χ2n) is 16.4. The third-order valence-corrected chi connectivity index (χ3v) is 10.9. The summed E-state index contributed by atoms with van der Waals surface area (Å²) < 4.78 is 16.7. The van der Waals surface area contributed by atoms with Gasteiger partial charge in [-0.25, -0.2) is 0 Å². The molecule has 0 spiro atoms. The van der Waals surface area contributed by atoms with Crippen molar-refractivity contribution in [3.8, 4) is 0 Å². The molecule has 6 heteroatoms. The highest BCUT2D eigenvalue weighted by molar-refractivity contribution is 5.71. The fourth-order valence-electron chi connectivity index (χ4n) is 7.21. The number of rotatable bonds is 44. The Morgan fingerprint density at radius 3 is 0.741 bits per heavy atom. The quantitative estimate of drug-likeness (QED) is 0.0349. The summed E-state index contributed by atoms with van der Waals surface area (Å²) in [6.45, 7) is 6.63. The van der Waals surface area contributed by atoms with Gasteiger partial charge >= 0.3 is 17.9 Å². The molecule has 1 atom stereocenters. The summed E-state index contributed by atoms with van der Waals surface area (Å²) in [4.78, 5) is 37.7. The van der Waals surface area contributed by atoms with Gasteiger partial charge in [-0.1, -0.05) is 233 Å². The largest absolute Gasteiger partial charge is 0.462 e. The third kappa shape index (κ3) is 41.6. The monoisotopic (exact) mass is 765 g/mol. The zero-order chi connectivity index (χ0) is 39.4. The van der Waals surface area contributed by atoms with Crippen molar-refractivity contribution in [2.75, 3.05) is 13.2 Å². The summed E-state index contributed by atoms with van der Waals surface area (Å²) in [6, 6.07) is 0. The second kappa shape index (κ2) is 44.1. The van der Waals surface area contributed by atoms with Crippen LogP contribution < -0.4 is 0 Å². The van der Waals surface area contributed by atoms with E-state index in [0.717, 1.165) is 57.8 Å². The molecular weight excluding hydrogens is 673 g/mol. The molecule has 0 fully saturated rings. The molecule has 6 nitrogen and oxygen atoms in total. The fourth-order valence-corrected chi connectivity index (χ4v) is 7.21. The highest BCUT2D eigenvalue weighted by Crippen LogP contribution is 2.16. The van der Waals surface area contributed by atoms with Crippen LogP contribution in [0.1, 0.15) is 271 Å². The van der Waals surface area contributed by atoms with E-state index in [9.17, 15) is 14.4 Å². The number of carbonyl (C=O) groups is 3. The summed E-state index contributed by atoms with van der Waals surface area (Å²) in [7, 11) is 0. The lowest BCUT2D eigenvalue weighted by atomic mass is 10.0. The Morgan fingerprint density at radius 2 is 0.500 bits per heavy atom. The van der Waals surface area contributed by atoms with Gasteiger partial charge in [-0.05, 0) is 19.3 Å². The normalized spacial score (nSPS) is 11.8. The predicted molar refractivity (Wildman–Crippen MR) is 229 cm³/mol. The number of unbranched alkanes of at least 4 members (excludes halogenated alkanes) is 33. The fraction of sp³-hybridized carbons (Fsp3) is 0.938. The summed E-state index contributed by atoms with van der Waals surface area (Å²) >= 11 is 0. The van der Waals surface area contributed by atoms with E-state index in [1.54, 1.807) is 0 Å². The first-order chi connectivity index (χ1) is 26.5. The van der Waals surface area contributed by atoms with E-state index in [-0.39, 0.29) is 31.1 Å². The Hall–Kier alpha value is -1.59. The lowest BCUT2D eigenvalue weighted by molar-refractivity contribution is -0.167. The van der Waals surface area contributed by atoms with Crippen LogP contribution in [0.15, 0.2) is 0 Å². The van der Waals surface area contributed by atoms with Crippen LogP contribution >= 0.6 is 0 Å². The van der Waals surface area contributed by atoms with E-state index in [4.69, 9.17) is 14.2 Å². The van der Waals surface area contributed by atoms with Gasteiger partial charge in [-0.2, -0.15) is 0 Å². The number of hydrogen-bond donors (Lipinski definition) is 0. The summed E-state index contributed by atoms with van der Waals surface area (Å²) in [6.07, 6.45) is 45.2. The van der Waals surface area contributed by atoms with E-state index in [1.807, 2.05) is 0 Å². The average molecular weight is 765 g/mol. The minimum absolute atomic E-state index is 0.0626. The molecule has 0 aliphatic heterocycles. The van der Waals surface area contributed by atoms with Crippen molar-refractivity contribution in [3.63, 3.8) is 0 Å². The van der Waals surface area contributed by atoms with Crippen LogP contribution in [0.5, 0.6) is 0 Å². The molecule has 0 amide bonds. The molecule has 0 saturated carbocycles. The summed E-state index contributed by atoms with van der Waals surface area (Å²) in [5, 5.41) is 0. The van der Waals surface area contributed by atoms with Gasteiger partial charge in [0.2, 0.25) is 0 Å². The number of esters is 3. The topological polar surface area (TPSA) is 78.9 Å². The maximum atomic E-state index is 12.7. The molecule has 0 aromatic carbocycles. The zero-order valence-electron chi connectivity index (χ0n) is 36.5. The first-order valence-electron chi connectivity index (χ1n) is 24.0. The molecule has 0 bridgehead atoms. The molecule has 0 heterocycles. The van der Waals surface area contributed by atoms with Crippen molar-refractivity contribution < 1.29 is 28.6 Å². The van der Waals surface area contributed by atoms with E-state index in [2.05, 4.69) is 20.8 Å². The van der Waals surface area contributed by atoms with Gasteiger partial charge in [0, 0.05) is 19.3 Å². The first-order valence-corrected chi connectivity index (χ1v) is 24.0. The molecule has 0 aliphatic carbocycles. The molecular formula is C48H92O6. The number of carbonyl (C=O) groups excluding carboxylic acids is 3. The van der Waals surface area contributed by atoms with Gasteiger partial charge < -0.3 is 14.2 Å². The van der Waals surface area contributed by atoms with Gasteiger partial charge in [-0.15, -0.1) is 0 Å². The standard InChI is InChI=1S/C48H92O6/c1-4-7-10-13-16-19-21-22-23-24-25-26-27-30-32-35-38-41-47(50)53-44-45(43-52-46(49)40-37-34-31-28-18-15-12-9-6-3)54-48(51)42-39-36-33-29-20-17-14-11-8-5-2/h45H,4-44H2,1-3H3/t45-/m1/s1. The molecule has 0 rings (SSSR count). The van der Waals surface area contributed by atoms with Gasteiger partial charge in [0.1, 0.15) is 13.2 Å². The van der Waals surface area contributed by atoms with Crippen molar-refractivity contribution in [1.29, 1.82) is 0 Å². The van der Waals surface area contributed by atoms with Gasteiger partial charge in [0.15, 0.2) is 6.10 Å². The highest BCUT2D eigenvalue weighted by atomic mass is 16.6. The Bertz CT molecular complexity index is 798. The van der Waals surface area contributed by atoms with Crippen LogP contribution in [-0.4, -0.2) is 37.2 Å². The van der Waals surface area contributed by atoms with Crippen molar-refractivity contribution >= 4 is 17.9 Å². The molecule has 320 valence electrons. The van der Waals surface area contributed by atoms with Gasteiger partial charge in [-0.3, -0.25) is 14.4 Å². The second-order valence-corrected chi connectivity index (χ2v) is 16.4. The summed E-state index contributed by atoms with van der Waals surface area (Å²) in [5.41, 5.74) is 0. The van der Waals surface area contributed by atoms with E-state index < -0.39 is 6.10 Å². The van der Waals surface area contributed by atoms with Crippen LogP contribution in [0.3, 0.4) is 0 Å². The molecule has 0 aromatic heterocycles. The lowest BCUT2D eigenvalue weighted by Crippen LogP contribution is -2.30. The highest BCUT2D eigenvalue weighted by Gasteiger charge is 2.19. The smallest absolute Gasteiger partial charge is 0.306 e. The van der Waals surface area contributed by atoms with Crippen molar-refractivity contribution in [2.24, 2.45) is 0 Å². The van der Waals surface area contributed by atoms with Crippen LogP contribution in [0.25, 0.3) is 0 Å². The van der Waals surface area contributed by atoms with E-state index in [0.29, 0.717) is 19.3 Å². The zero-order valence-corrected chi connectivity index (χ0v) is 36.5. The van der Waals surface area contributed by atoms with E-state index >= 15 is 0 Å². The van der Waals surface area contributed by atoms with Crippen molar-refractivity contribution in [2.45, 2.75) is 277 Å². The van der Waals surface area contributed by atoms with Crippen LogP contribution in [0, 0.1) is 0 Å². The van der Waals surface area contributed by atoms with Gasteiger partial charge in [0.05, 0.1) is 0 Å². The Balaban J connectivity index is 4.22. The Morgan fingerprint density at radius 1 is 0.296 bits per heavy atom. The molecule has 0 aliphatic rings.